The van der Waals surface area contributed by atoms with Gasteiger partial charge < -0.3 is 43.2 Å². The second-order valence-electron chi connectivity index (χ2n) is 8.13. The van der Waals surface area contributed by atoms with Crippen LogP contribution in [0.2, 0.25) is 0 Å². The predicted molar refractivity (Wildman–Crippen MR) is 125 cm³/mol. The van der Waals surface area contributed by atoms with Crippen LogP contribution in [0.3, 0.4) is 0 Å². The molecular formula is C26H29IN2O3. The van der Waals surface area contributed by atoms with E-state index in [9.17, 15) is 0 Å². The van der Waals surface area contributed by atoms with Crippen molar-refractivity contribution in [3.63, 3.8) is 0 Å². The number of aromatic nitrogens is 1. The van der Waals surface area contributed by atoms with E-state index >= 15 is 0 Å². The Morgan fingerprint density at radius 1 is 0.875 bits per heavy atom. The van der Waals surface area contributed by atoms with Crippen LogP contribution in [0.1, 0.15) is 25.1 Å². The van der Waals surface area contributed by atoms with Crippen molar-refractivity contribution in [2.24, 2.45) is 0 Å². The van der Waals surface area contributed by atoms with E-state index in [0.717, 1.165) is 22.7 Å². The van der Waals surface area contributed by atoms with Gasteiger partial charge in [0.2, 0.25) is 5.69 Å². The van der Waals surface area contributed by atoms with Crippen LogP contribution in [0.5, 0.6) is 17.2 Å². The highest BCUT2D eigenvalue weighted by Crippen LogP contribution is 2.41. The third-order valence-corrected chi connectivity index (χ3v) is 6.07. The molecule has 2 heterocycles. The zero-order valence-corrected chi connectivity index (χ0v) is 21.5. The summed E-state index contributed by atoms with van der Waals surface area (Å²) in [6.45, 7) is 4.51. The van der Waals surface area contributed by atoms with Gasteiger partial charge in [0.1, 0.15) is 12.8 Å². The Balaban J connectivity index is 0.00000289. The number of ether oxygens (including phenoxy) is 3. The molecule has 0 atom stereocenters. The lowest BCUT2D eigenvalue weighted by molar-refractivity contribution is -0.401. The predicted octanol–water partition coefficient (Wildman–Crippen LogP) is 2.43. The monoisotopic (exact) mass is 544 g/mol. The van der Waals surface area contributed by atoms with E-state index in [1.807, 2.05) is 24.3 Å². The van der Waals surface area contributed by atoms with Crippen LogP contribution in [0.25, 0.3) is 17.3 Å². The maximum Gasteiger partial charge on any atom is 0.209 e. The van der Waals surface area contributed by atoms with Gasteiger partial charge in [-0.05, 0) is 32.1 Å². The summed E-state index contributed by atoms with van der Waals surface area (Å²) in [6, 6.07) is 16.4. The van der Waals surface area contributed by atoms with Gasteiger partial charge in [-0.1, -0.05) is 24.3 Å². The number of fused-ring (bicyclic) bond motifs is 1. The average Bonchev–Trinajstić information content (AvgIpc) is 3.28. The number of benzene rings is 2. The van der Waals surface area contributed by atoms with Crippen molar-refractivity contribution >= 4 is 17.5 Å². The fourth-order valence-electron chi connectivity index (χ4n) is 4.45. The van der Waals surface area contributed by atoms with E-state index < -0.39 is 0 Å². The van der Waals surface area contributed by atoms with Gasteiger partial charge in [0.15, 0.2) is 17.2 Å². The van der Waals surface area contributed by atoms with E-state index in [0.29, 0.717) is 11.5 Å². The average molecular weight is 544 g/mol. The van der Waals surface area contributed by atoms with E-state index in [1.54, 1.807) is 21.3 Å². The van der Waals surface area contributed by atoms with E-state index in [2.05, 4.69) is 66.9 Å². The molecule has 5 nitrogen and oxygen atoms in total. The minimum absolute atomic E-state index is 0. The molecule has 1 aliphatic rings. The SMILES string of the molecule is COc1cc(-c2cccc(OC)c2OC)[nH]c1/C=C/C1=[N+](C)c2ccccc2C1(C)C.[I-]. The van der Waals surface area contributed by atoms with Crippen molar-refractivity contribution in [2.75, 3.05) is 28.4 Å². The number of H-pyrrole nitrogens is 1. The smallest absolute Gasteiger partial charge is 0.209 e. The van der Waals surface area contributed by atoms with Crippen LogP contribution >= 0.6 is 0 Å². The van der Waals surface area contributed by atoms with Crippen molar-refractivity contribution in [2.45, 2.75) is 19.3 Å². The molecule has 0 spiro atoms. The summed E-state index contributed by atoms with van der Waals surface area (Å²) >= 11 is 0. The number of para-hydroxylation sites is 2. The molecule has 0 radical (unpaired) electrons. The zero-order chi connectivity index (χ0) is 22.2. The maximum atomic E-state index is 5.66. The molecule has 0 unspecified atom stereocenters. The summed E-state index contributed by atoms with van der Waals surface area (Å²) in [5, 5.41) is 0. The van der Waals surface area contributed by atoms with Gasteiger partial charge in [-0.25, -0.2) is 0 Å². The molecule has 1 aromatic heterocycles. The molecule has 3 aromatic rings. The molecule has 32 heavy (non-hydrogen) atoms. The minimum atomic E-state index is -0.0828. The first-order valence-electron chi connectivity index (χ1n) is 10.3. The zero-order valence-electron chi connectivity index (χ0n) is 19.3. The van der Waals surface area contributed by atoms with Crippen molar-refractivity contribution in [1.29, 1.82) is 0 Å². The number of nitrogens with one attached hydrogen (secondary N) is 1. The van der Waals surface area contributed by atoms with Crippen LogP contribution < -0.4 is 38.2 Å². The van der Waals surface area contributed by atoms with Crippen LogP contribution in [0, 0.1) is 0 Å². The van der Waals surface area contributed by atoms with Crippen molar-refractivity contribution < 1.29 is 42.8 Å². The summed E-state index contributed by atoms with van der Waals surface area (Å²) < 4.78 is 19.0. The first kappa shape index (κ1) is 23.9. The topological polar surface area (TPSA) is 46.5 Å². The standard InChI is InChI=1S/C26H28N2O3.HI/c1-26(2)18-11-7-8-12-21(18)28(3)24(26)15-14-19-23(30-5)16-20(27-19)17-10-9-13-22(29-4)25(17)31-6;/h7-16H,1-6H3;1H. The first-order valence-corrected chi connectivity index (χ1v) is 10.3. The molecule has 0 aliphatic carbocycles. The lowest BCUT2D eigenvalue weighted by Crippen LogP contribution is -3.00. The van der Waals surface area contributed by atoms with E-state index in [-0.39, 0.29) is 29.4 Å². The number of aromatic amines is 1. The number of halogens is 1. The summed E-state index contributed by atoms with van der Waals surface area (Å²) in [4.78, 5) is 3.48. The van der Waals surface area contributed by atoms with Gasteiger partial charge in [-0.2, -0.15) is 4.58 Å². The lowest BCUT2D eigenvalue weighted by Gasteiger charge is -2.15. The Kier molecular flexibility index (Phi) is 7.03. The highest BCUT2D eigenvalue weighted by atomic mass is 127. The van der Waals surface area contributed by atoms with Crippen molar-refractivity contribution in [3.05, 3.63) is 65.9 Å². The molecule has 6 heteroatoms. The van der Waals surface area contributed by atoms with Gasteiger partial charge in [-0.15, -0.1) is 0 Å². The number of hydrogen-bond acceptors (Lipinski definition) is 3. The number of rotatable bonds is 6. The minimum Gasteiger partial charge on any atom is -1.00 e. The maximum absolute atomic E-state index is 5.66. The van der Waals surface area contributed by atoms with Crippen LogP contribution in [0.4, 0.5) is 5.69 Å². The van der Waals surface area contributed by atoms with Crippen molar-refractivity contribution in [3.8, 4) is 28.5 Å². The molecule has 0 amide bonds. The second kappa shape index (κ2) is 9.40. The van der Waals surface area contributed by atoms with Crippen LogP contribution in [-0.2, 0) is 5.41 Å². The highest BCUT2D eigenvalue weighted by Gasteiger charge is 2.42. The quantitative estimate of drug-likeness (QED) is 0.383. The largest absolute Gasteiger partial charge is 1.00 e. The molecular weight excluding hydrogens is 515 g/mol. The molecule has 4 rings (SSSR count). The summed E-state index contributed by atoms with van der Waals surface area (Å²) in [5.74, 6) is 2.15. The third kappa shape index (κ3) is 3.92. The molecule has 0 fully saturated rings. The van der Waals surface area contributed by atoms with E-state index in [1.165, 1.54) is 17.0 Å². The highest BCUT2D eigenvalue weighted by molar-refractivity contribution is 6.05. The number of allylic oxidation sites excluding steroid dienone is 1. The molecule has 0 bridgehead atoms. The Morgan fingerprint density at radius 2 is 1.59 bits per heavy atom. The third-order valence-electron chi connectivity index (χ3n) is 6.07. The summed E-state index contributed by atoms with van der Waals surface area (Å²) in [6.07, 6.45) is 4.25. The van der Waals surface area contributed by atoms with Crippen LogP contribution in [0.15, 0.2) is 54.6 Å². The summed E-state index contributed by atoms with van der Waals surface area (Å²) in [7, 11) is 7.09. The number of nitrogens with zero attached hydrogens (tertiary/aromatic N) is 1. The first-order chi connectivity index (χ1) is 14.9. The Hall–Kier alpha value is -2.74. The van der Waals surface area contributed by atoms with Gasteiger partial charge in [0.05, 0.1) is 38.1 Å². The Bertz CT molecular complexity index is 1190. The fourth-order valence-corrected chi connectivity index (χ4v) is 4.45. The van der Waals surface area contributed by atoms with E-state index in [4.69, 9.17) is 14.2 Å². The molecule has 1 aliphatic heterocycles. The van der Waals surface area contributed by atoms with Crippen LogP contribution in [-0.4, -0.2) is 43.6 Å². The van der Waals surface area contributed by atoms with Crippen molar-refractivity contribution in [1.82, 2.24) is 4.98 Å². The number of methoxy groups -OCH3 is 3. The van der Waals surface area contributed by atoms with Gasteiger partial charge in [0.25, 0.3) is 0 Å². The van der Waals surface area contributed by atoms with Gasteiger partial charge >= 0.3 is 0 Å². The fraction of sp³-hybridized carbons (Fsp3) is 0.269. The van der Waals surface area contributed by atoms with Gasteiger partial charge in [0, 0.05) is 29.3 Å². The molecule has 168 valence electrons. The Morgan fingerprint density at radius 3 is 2.25 bits per heavy atom. The normalized spacial score (nSPS) is 14.3. The Labute approximate surface area is 206 Å². The number of hydrogen-bond donors (Lipinski definition) is 1. The second-order valence-corrected chi connectivity index (χ2v) is 8.13. The molecule has 0 saturated carbocycles. The van der Waals surface area contributed by atoms with Gasteiger partial charge in [-0.3, -0.25) is 0 Å². The lowest BCUT2D eigenvalue weighted by atomic mass is 9.81. The molecule has 0 saturated heterocycles. The molecule has 2 aromatic carbocycles. The summed E-state index contributed by atoms with van der Waals surface area (Å²) in [5.41, 5.74) is 6.43. The molecule has 1 N–H and O–H groups in total.